The van der Waals surface area contributed by atoms with Gasteiger partial charge in [-0.15, -0.1) is 0 Å². The maximum atomic E-state index is 5.63. The van der Waals surface area contributed by atoms with Gasteiger partial charge in [0, 0.05) is 18.8 Å². The van der Waals surface area contributed by atoms with E-state index >= 15 is 0 Å². The Morgan fingerprint density at radius 1 is 1.21 bits per heavy atom. The lowest BCUT2D eigenvalue weighted by atomic mass is 10.1. The van der Waals surface area contributed by atoms with Crippen LogP contribution in [0.3, 0.4) is 0 Å². The van der Waals surface area contributed by atoms with Gasteiger partial charge in [-0.2, -0.15) is 0 Å². The van der Waals surface area contributed by atoms with Gasteiger partial charge in [-0.1, -0.05) is 24.3 Å². The molecule has 0 amide bonds. The zero-order chi connectivity index (χ0) is 12.9. The van der Waals surface area contributed by atoms with Gasteiger partial charge in [-0.3, -0.25) is 4.98 Å². The number of rotatable bonds is 5. The van der Waals surface area contributed by atoms with Crippen molar-refractivity contribution in [1.29, 1.82) is 0 Å². The second kappa shape index (κ2) is 5.85. The van der Waals surface area contributed by atoms with Crippen LogP contribution in [0.25, 0.3) is 0 Å². The summed E-state index contributed by atoms with van der Waals surface area (Å²) in [5, 5.41) is 3.56. The normalized spacial score (nSPS) is 17.2. The summed E-state index contributed by atoms with van der Waals surface area (Å²) in [6.07, 6.45) is 5.86. The minimum atomic E-state index is 0.480. The first kappa shape index (κ1) is 12.2. The van der Waals surface area contributed by atoms with Crippen molar-refractivity contribution in [3.63, 3.8) is 0 Å². The number of pyridine rings is 1. The van der Waals surface area contributed by atoms with Crippen molar-refractivity contribution in [3.8, 4) is 5.75 Å². The second-order valence-electron chi connectivity index (χ2n) is 4.78. The van der Waals surface area contributed by atoms with Crippen LogP contribution in [0.1, 0.15) is 23.6 Å². The van der Waals surface area contributed by atoms with Crippen LogP contribution >= 0.6 is 0 Å². The summed E-state index contributed by atoms with van der Waals surface area (Å²) in [7, 11) is 0. The fourth-order valence-electron chi connectivity index (χ4n) is 2.60. The average molecular weight is 254 g/mol. The van der Waals surface area contributed by atoms with Gasteiger partial charge in [0.1, 0.15) is 12.4 Å². The van der Waals surface area contributed by atoms with E-state index in [0.717, 1.165) is 12.3 Å². The Kier molecular flexibility index (Phi) is 3.75. The molecule has 1 aromatic carbocycles. The molecular weight excluding hydrogens is 236 g/mol. The van der Waals surface area contributed by atoms with E-state index in [9.17, 15) is 0 Å². The van der Waals surface area contributed by atoms with Gasteiger partial charge < -0.3 is 10.1 Å². The lowest BCUT2D eigenvalue weighted by molar-refractivity contribution is 0.304. The summed E-state index contributed by atoms with van der Waals surface area (Å²) in [5.74, 6) is 0.830. The monoisotopic (exact) mass is 254 g/mol. The van der Waals surface area contributed by atoms with Gasteiger partial charge in [0.05, 0.1) is 6.20 Å². The molecule has 3 rings (SSSR count). The summed E-state index contributed by atoms with van der Waals surface area (Å²) in [6, 6.07) is 13.0. The maximum Gasteiger partial charge on any atom is 0.137 e. The number of benzene rings is 1. The highest BCUT2D eigenvalue weighted by atomic mass is 16.5. The molecule has 0 fully saturated rings. The molecule has 1 aliphatic carbocycles. The Balaban J connectivity index is 1.47. The first-order chi connectivity index (χ1) is 9.43. The molecule has 0 saturated heterocycles. The van der Waals surface area contributed by atoms with Crippen molar-refractivity contribution in [2.45, 2.75) is 18.9 Å². The van der Waals surface area contributed by atoms with Crippen molar-refractivity contribution in [2.24, 2.45) is 0 Å². The third kappa shape index (κ3) is 2.93. The fourth-order valence-corrected chi connectivity index (χ4v) is 2.60. The van der Waals surface area contributed by atoms with Gasteiger partial charge in [0.25, 0.3) is 0 Å². The Bertz CT molecular complexity index is 527. The molecule has 19 heavy (non-hydrogen) atoms. The third-order valence-electron chi connectivity index (χ3n) is 3.53. The standard InChI is InChI=1S/C16H18N2O/c1-2-6-15-13(4-1)7-8-16(15)18-10-11-19-14-5-3-9-17-12-14/h1-6,9,12,16,18H,7-8,10-11H2/t16-/m0/s1. The number of nitrogens with zero attached hydrogens (tertiary/aromatic N) is 1. The number of hydrogen-bond donors (Lipinski definition) is 1. The van der Waals surface area contributed by atoms with Crippen molar-refractivity contribution in [3.05, 3.63) is 59.9 Å². The van der Waals surface area contributed by atoms with Crippen LogP contribution in [-0.2, 0) is 6.42 Å². The lowest BCUT2D eigenvalue weighted by Gasteiger charge is -2.14. The number of nitrogens with one attached hydrogen (secondary N) is 1. The molecule has 1 N–H and O–H groups in total. The van der Waals surface area contributed by atoms with E-state index in [1.165, 1.54) is 24.0 Å². The van der Waals surface area contributed by atoms with Gasteiger partial charge in [0.2, 0.25) is 0 Å². The van der Waals surface area contributed by atoms with Gasteiger partial charge >= 0.3 is 0 Å². The van der Waals surface area contributed by atoms with Crippen LogP contribution in [-0.4, -0.2) is 18.1 Å². The Morgan fingerprint density at radius 3 is 3.05 bits per heavy atom. The SMILES string of the molecule is c1cncc(OCCN[C@H]2CCc3ccccc32)c1. The molecule has 1 atom stereocenters. The molecule has 3 nitrogen and oxygen atoms in total. The smallest absolute Gasteiger partial charge is 0.137 e. The molecule has 0 aliphatic heterocycles. The van der Waals surface area contributed by atoms with E-state index < -0.39 is 0 Å². The van der Waals surface area contributed by atoms with E-state index in [2.05, 4.69) is 34.6 Å². The van der Waals surface area contributed by atoms with Crippen molar-refractivity contribution in [2.75, 3.05) is 13.2 Å². The van der Waals surface area contributed by atoms with Crippen LogP contribution in [0.2, 0.25) is 0 Å². The fraction of sp³-hybridized carbons (Fsp3) is 0.312. The minimum Gasteiger partial charge on any atom is -0.491 e. The van der Waals surface area contributed by atoms with Gasteiger partial charge in [-0.25, -0.2) is 0 Å². The topological polar surface area (TPSA) is 34.1 Å². The highest BCUT2D eigenvalue weighted by molar-refractivity contribution is 5.34. The lowest BCUT2D eigenvalue weighted by Crippen LogP contribution is -2.24. The summed E-state index contributed by atoms with van der Waals surface area (Å²) < 4.78 is 5.63. The Labute approximate surface area is 113 Å². The van der Waals surface area contributed by atoms with Crippen molar-refractivity contribution < 1.29 is 4.74 Å². The zero-order valence-electron chi connectivity index (χ0n) is 10.9. The number of aryl methyl sites for hydroxylation is 1. The van der Waals surface area contributed by atoms with Crippen molar-refractivity contribution >= 4 is 0 Å². The molecule has 1 heterocycles. The quantitative estimate of drug-likeness (QED) is 0.833. The molecule has 0 saturated carbocycles. The average Bonchev–Trinajstić information content (AvgIpc) is 2.88. The van der Waals surface area contributed by atoms with E-state index in [-0.39, 0.29) is 0 Å². The summed E-state index contributed by atoms with van der Waals surface area (Å²) >= 11 is 0. The van der Waals surface area contributed by atoms with E-state index in [1.54, 1.807) is 12.4 Å². The van der Waals surface area contributed by atoms with Crippen LogP contribution in [0, 0.1) is 0 Å². The molecule has 2 aromatic rings. The van der Waals surface area contributed by atoms with Gasteiger partial charge in [0.15, 0.2) is 0 Å². The van der Waals surface area contributed by atoms with E-state index in [0.29, 0.717) is 12.6 Å². The summed E-state index contributed by atoms with van der Waals surface area (Å²) in [6.45, 7) is 1.53. The summed E-state index contributed by atoms with van der Waals surface area (Å²) in [4.78, 5) is 4.03. The van der Waals surface area contributed by atoms with Crippen molar-refractivity contribution in [1.82, 2.24) is 10.3 Å². The van der Waals surface area contributed by atoms with Crippen LogP contribution in [0.15, 0.2) is 48.8 Å². The predicted octanol–water partition coefficient (Wildman–Crippen LogP) is 2.74. The molecular formula is C16H18N2O. The second-order valence-corrected chi connectivity index (χ2v) is 4.78. The molecule has 0 spiro atoms. The van der Waals surface area contributed by atoms with Crippen LogP contribution < -0.4 is 10.1 Å². The highest BCUT2D eigenvalue weighted by Crippen LogP contribution is 2.30. The van der Waals surface area contributed by atoms with Gasteiger partial charge in [-0.05, 0) is 36.1 Å². The van der Waals surface area contributed by atoms with E-state index in [1.807, 2.05) is 12.1 Å². The Morgan fingerprint density at radius 2 is 2.16 bits per heavy atom. The first-order valence-electron chi connectivity index (χ1n) is 6.77. The molecule has 0 radical (unpaired) electrons. The predicted molar refractivity (Wildman–Crippen MR) is 75.2 cm³/mol. The van der Waals surface area contributed by atoms with E-state index in [4.69, 9.17) is 4.74 Å². The summed E-state index contributed by atoms with van der Waals surface area (Å²) in [5.41, 5.74) is 2.93. The number of fused-ring (bicyclic) bond motifs is 1. The minimum absolute atomic E-state index is 0.480. The molecule has 1 aliphatic rings. The molecule has 1 aromatic heterocycles. The Hall–Kier alpha value is -1.87. The first-order valence-corrected chi connectivity index (χ1v) is 6.77. The van der Waals surface area contributed by atoms with Crippen LogP contribution in [0.5, 0.6) is 5.75 Å². The van der Waals surface area contributed by atoms with Crippen LogP contribution in [0.4, 0.5) is 0 Å². The number of aromatic nitrogens is 1. The molecule has 0 bridgehead atoms. The third-order valence-corrected chi connectivity index (χ3v) is 3.53. The maximum absolute atomic E-state index is 5.63. The number of ether oxygens (including phenoxy) is 1. The number of hydrogen-bond acceptors (Lipinski definition) is 3. The molecule has 0 unspecified atom stereocenters. The highest BCUT2D eigenvalue weighted by Gasteiger charge is 2.20. The zero-order valence-corrected chi connectivity index (χ0v) is 10.9. The largest absolute Gasteiger partial charge is 0.491 e. The molecule has 98 valence electrons. The molecule has 3 heteroatoms.